The van der Waals surface area contributed by atoms with E-state index in [-0.39, 0.29) is 29.9 Å². The lowest BCUT2D eigenvalue weighted by Gasteiger charge is -2.20. The van der Waals surface area contributed by atoms with E-state index in [1.165, 1.54) is 0 Å². The van der Waals surface area contributed by atoms with Crippen molar-refractivity contribution in [1.82, 2.24) is 5.32 Å². The van der Waals surface area contributed by atoms with Crippen molar-refractivity contribution in [3.63, 3.8) is 0 Å². The van der Waals surface area contributed by atoms with Gasteiger partial charge in [0.25, 0.3) is 0 Å². The second-order valence-electron chi connectivity index (χ2n) is 5.29. The monoisotopic (exact) mass is 251 g/mol. The molecule has 100 valence electrons. The highest BCUT2D eigenvalue weighted by atomic mass is 16.5. The van der Waals surface area contributed by atoms with E-state index < -0.39 is 0 Å². The van der Waals surface area contributed by atoms with Gasteiger partial charge in [-0.15, -0.1) is 0 Å². The van der Waals surface area contributed by atoms with Crippen LogP contribution in [0.1, 0.15) is 39.3 Å². The molecule has 1 rings (SSSR count). The molecule has 18 heavy (non-hydrogen) atoms. The highest BCUT2D eigenvalue weighted by Crippen LogP contribution is 2.17. The Balaban J connectivity index is 2.50. The van der Waals surface area contributed by atoms with Crippen LogP contribution in [0.4, 0.5) is 0 Å². The molecule has 0 saturated carbocycles. The van der Waals surface area contributed by atoms with Gasteiger partial charge in [0.1, 0.15) is 12.4 Å². The molecule has 0 heterocycles. The molecule has 0 fully saturated rings. The Bertz CT molecular complexity index is 410. The molecule has 0 aliphatic carbocycles. The summed E-state index contributed by atoms with van der Waals surface area (Å²) in [5.41, 5.74) is 0.533. The summed E-state index contributed by atoms with van der Waals surface area (Å²) in [6.07, 6.45) is 0. The average Bonchev–Trinajstić information content (AvgIpc) is 2.25. The first-order valence-corrected chi connectivity index (χ1v) is 6.00. The largest absolute Gasteiger partial charge is 0.508 e. The Morgan fingerprint density at radius 2 is 2.11 bits per heavy atom. The van der Waals surface area contributed by atoms with Crippen LogP contribution in [0.3, 0.4) is 0 Å². The smallest absolute Gasteiger partial charge is 0.246 e. The van der Waals surface area contributed by atoms with Crippen LogP contribution in [0.15, 0.2) is 24.3 Å². The molecule has 0 radical (unpaired) electrons. The average molecular weight is 251 g/mol. The lowest BCUT2D eigenvalue weighted by atomic mass is 10.1. The molecule has 1 unspecified atom stereocenters. The molecule has 4 heteroatoms. The van der Waals surface area contributed by atoms with Crippen LogP contribution in [0.2, 0.25) is 0 Å². The number of hydrogen-bond acceptors (Lipinski definition) is 3. The van der Waals surface area contributed by atoms with Gasteiger partial charge in [-0.1, -0.05) is 12.1 Å². The van der Waals surface area contributed by atoms with Gasteiger partial charge in [-0.05, 0) is 45.4 Å². The van der Waals surface area contributed by atoms with Gasteiger partial charge in [-0.25, -0.2) is 0 Å². The molecule has 0 saturated heterocycles. The predicted octanol–water partition coefficient (Wildman–Crippen LogP) is 2.38. The number of ether oxygens (including phenoxy) is 1. The number of nitrogens with one attached hydrogen (secondary N) is 1. The second kappa shape index (κ2) is 5.87. The zero-order chi connectivity index (χ0) is 13.8. The first kappa shape index (κ1) is 14.5. The molecule has 0 aromatic heterocycles. The van der Waals surface area contributed by atoms with Crippen LogP contribution in [0.5, 0.6) is 5.75 Å². The van der Waals surface area contributed by atoms with E-state index in [4.69, 9.17) is 4.74 Å². The molecule has 1 aromatic carbocycles. The third-order valence-electron chi connectivity index (χ3n) is 2.38. The topological polar surface area (TPSA) is 58.6 Å². The molecule has 1 atom stereocenters. The molecule has 4 nitrogen and oxygen atoms in total. The second-order valence-corrected chi connectivity index (χ2v) is 5.29. The number of phenols is 1. The van der Waals surface area contributed by atoms with Gasteiger partial charge in [0.15, 0.2) is 0 Å². The number of aromatic hydroxyl groups is 1. The number of hydrogen-bond donors (Lipinski definition) is 2. The third-order valence-corrected chi connectivity index (χ3v) is 2.38. The number of phenolic OH excluding ortho intramolecular Hbond substituents is 1. The van der Waals surface area contributed by atoms with E-state index in [2.05, 4.69) is 5.32 Å². The molecule has 0 aliphatic rings. The van der Waals surface area contributed by atoms with Gasteiger partial charge < -0.3 is 15.2 Å². The van der Waals surface area contributed by atoms with Crippen LogP contribution in [0, 0.1) is 0 Å². The molecule has 1 amide bonds. The lowest BCUT2D eigenvalue weighted by molar-refractivity contribution is -0.131. The lowest BCUT2D eigenvalue weighted by Crippen LogP contribution is -2.33. The third kappa shape index (κ3) is 5.19. The summed E-state index contributed by atoms with van der Waals surface area (Å²) in [6, 6.07) is 6.68. The Morgan fingerprint density at radius 1 is 1.44 bits per heavy atom. The van der Waals surface area contributed by atoms with Crippen molar-refractivity contribution in [2.24, 2.45) is 0 Å². The van der Waals surface area contributed by atoms with Crippen molar-refractivity contribution < 1.29 is 14.6 Å². The minimum absolute atomic E-state index is 0.0344. The number of carbonyl (C=O) groups excluding carboxylic acids is 1. The zero-order valence-corrected chi connectivity index (χ0v) is 11.4. The Morgan fingerprint density at radius 3 is 2.67 bits per heavy atom. The summed E-state index contributed by atoms with van der Waals surface area (Å²) in [4.78, 5) is 11.7. The maximum Gasteiger partial charge on any atom is 0.246 e. The van der Waals surface area contributed by atoms with Crippen molar-refractivity contribution >= 4 is 5.91 Å². The Kier molecular flexibility index (Phi) is 4.73. The highest BCUT2D eigenvalue weighted by Gasteiger charge is 2.15. The van der Waals surface area contributed by atoms with E-state index in [1.54, 1.807) is 18.2 Å². The number of benzene rings is 1. The Hall–Kier alpha value is -1.55. The van der Waals surface area contributed by atoms with Gasteiger partial charge in [-0.2, -0.15) is 0 Å². The standard InChI is InChI=1S/C14H21NO3/c1-10(11-6-5-7-12(16)8-11)15-13(17)9-18-14(2,3)4/h5-8,10,16H,9H2,1-4H3,(H,15,17). The summed E-state index contributed by atoms with van der Waals surface area (Å²) >= 11 is 0. The first-order chi connectivity index (χ1) is 8.28. The fraction of sp³-hybridized carbons (Fsp3) is 0.500. The van der Waals surface area contributed by atoms with E-state index in [9.17, 15) is 9.90 Å². The van der Waals surface area contributed by atoms with E-state index in [1.807, 2.05) is 33.8 Å². The van der Waals surface area contributed by atoms with Gasteiger partial charge in [0.2, 0.25) is 5.91 Å². The van der Waals surface area contributed by atoms with Gasteiger partial charge in [0, 0.05) is 0 Å². The summed E-state index contributed by atoms with van der Waals surface area (Å²) in [5.74, 6) is 0.0281. The zero-order valence-electron chi connectivity index (χ0n) is 11.4. The minimum Gasteiger partial charge on any atom is -0.508 e. The summed E-state index contributed by atoms with van der Waals surface area (Å²) < 4.78 is 5.39. The van der Waals surface area contributed by atoms with Crippen LogP contribution in [0.25, 0.3) is 0 Å². The SMILES string of the molecule is CC(NC(=O)COC(C)(C)C)c1cccc(O)c1. The summed E-state index contributed by atoms with van der Waals surface area (Å²) in [5, 5.41) is 12.2. The van der Waals surface area contributed by atoms with Crippen LogP contribution < -0.4 is 5.32 Å². The minimum atomic E-state index is -0.328. The molecule has 0 bridgehead atoms. The van der Waals surface area contributed by atoms with E-state index in [0.717, 1.165) is 5.56 Å². The Labute approximate surface area is 108 Å². The normalized spacial score (nSPS) is 13.1. The van der Waals surface area contributed by atoms with Gasteiger partial charge in [-0.3, -0.25) is 4.79 Å². The summed E-state index contributed by atoms with van der Waals surface area (Å²) in [7, 11) is 0. The van der Waals surface area contributed by atoms with Crippen LogP contribution in [-0.2, 0) is 9.53 Å². The fourth-order valence-electron chi connectivity index (χ4n) is 1.44. The quantitative estimate of drug-likeness (QED) is 0.863. The maximum absolute atomic E-state index is 11.7. The first-order valence-electron chi connectivity index (χ1n) is 6.00. The van der Waals surface area contributed by atoms with Gasteiger partial charge >= 0.3 is 0 Å². The number of rotatable bonds is 4. The van der Waals surface area contributed by atoms with Crippen LogP contribution in [-0.4, -0.2) is 23.2 Å². The molecule has 2 N–H and O–H groups in total. The van der Waals surface area contributed by atoms with Crippen molar-refractivity contribution in [3.8, 4) is 5.75 Å². The molecule has 0 aliphatic heterocycles. The van der Waals surface area contributed by atoms with Crippen molar-refractivity contribution in [3.05, 3.63) is 29.8 Å². The summed E-state index contributed by atoms with van der Waals surface area (Å²) in [6.45, 7) is 7.60. The van der Waals surface area contributed by atoms with Crippen molar-refractivity contribution in [2.75, 3.05) is 6.61 Å². The van der Waals surface area contributed by atoms with Crippen molar-refractivity contribution in [1.29, 1.82) is 0 Å². The molecular weight excluding hydrogens is 230 g/mol. The fourth-order valence-corrected chi connectivity index (χ4v) is 1.44. The number of carbonyl (C=O) groups is 1. The van der Waals surface area contributed by atoms with E-state index >= 15 is 0 Å². The molecule has 0 spiro atoms. The maximum atomic E-state index is 11.7. The number of amides is 1. The molecule has 1 aromatic rings. The van der Waals surface area contributed by atoms with E-state index in [0.29, 0.717) is 0 Å². The van der Waals surface area contributed by atoms with Gasteiger partial charge in [0.05, 0.1) is 11.6 Å². The highest BCUT2D eigenvalue weighted by molar-refractivity contribution is 5.77. The predicted molar refractivity (Wildman–Crippen MR) is 70.4 cm³/mol. The van der Waals surface area contributed by atoms with Crippen molar-refractivity contribution in [2.45, 2.75) is 39.3 Å². The van der Waals surface area contributed by atoms with Crippen LogP contribution >= 0.6 is 0 Å². The molecular formula is C14H21NO3.